The molecule has 1 heterocycles. The summed E-state index contributed by atoms with van der Waals surface area (Å²) in [6.45, 7) is 13.0. The van der Waals surface area contributed by atoms with Crippen LogP contribution in [0.1, 0.15) is 49.7 Å². The van der Waals surface area contributed by atoms with Crippen molar-refractivity contribution in [3.63, 3.8) is 0 Å². The minimum atomic E-state index is 0.161. The van der Waals surface area contributed by atoms with Crippen LogP contribution < -0.4 is 5.32 Å². The monoisotopic (exact) mass is 226 g/mol. The Morgan fingerprint density at radius 2 is 2.00 bits per heavy atom. The van der Waals surface area contributed by atoms with Gasteiger partial charge in [-0.1, -0.05) is 27.7 Å². The highest BCUT2D eigenvalue weighted by molar-refractivity contribution is 7.11. The van der Waals surface area contributed by atoms with Gasteiger partial charge < -0.3 is 5.32 Å². The quantitative estimate of drug-likeness (QED) is 0.797. The average Bonchev–Trinajstić information content (AvgIpc) is 2.47. The SMILES string of the molecule is CCCNCc1sc(C)nc1C(C)(C)C. The van der Waals surface area contributed by atoms with E-state index < -0.39 is 0 Å². The first-order valence-electron chi connectivity index (χ1n) is 5.62. The summed E-state index contributed by atoms with van der Waals surface area (Å²) in [5.74, 6) is 0. The van der Waals surface area contributed by atoms with Crippen LogP contribution in [0.2, 0.25) is 0 Å². The summed E-state index contributed by atoms with van der Waals surface area (Å²) in [5, 5.41) is 4.62. The summed E-state index contributed by atoms with van der Waals surface area (Å²) in [4.78, 5) is 6.04. The Morgan fingerprint density at radius 3 is 2.53 bits per heavy atom. The van der Waals surface area contributed by atoms with Gasteiger partial charge in [-0.25, -0.2) is 4.98 Å². The van der Waals surface area contributed by atoms with Crippen LogP contribution in [0.5, 0.6) is 0 Å². The molecule has 0 atom stereocenters. The van der Waals surface area contributed by atoms with Crippen molar-refractivity contribution in [2.75, 3.05) is 6.54 Å². The molecule has 1 aromatic rings. The number of thiazole rings is 1. The minimum Gasteiger partial charge on any atom is -0.312 e. The van der Waals surface area contributed by atoms with E-state index in [9.17, 15) is 0 Å². The van der Waals surface area contributed by atoms with E-state index in [2.05, 4.69) is 44.9 Å². The Bertz CT molecular complexity index is 310. The summed E-state index contributed by atoms with van der Waals surface area (Å²) in [7, 11) is 0. The standard InChI is InChI=1S/C12H22N2S/c1-6-7-13-8-10-11(12(3,4)5)14-9(2)15-10/h13H,6-8H2,1-5H3. The predicted octanol–water partition coefficient (Wildman–Crippen LogP) is 3.25. The van der Waals surface area contributed by atoms with Gasteiger partial charge in [0.1, 0.15) is 0 Å². The number of nitrogens with one attached hydrogen (secondary N) is 1. The predicted molar refractivity (Wildman–Crippen MR) is 67.5 cm³/mol. The summed E-state index contributed by atoms with van der Waals surface area (Å²) < 4.78 is 0. The largest absolute Gasteiger partial charge is 0.312 e. The lowest BCUT2D eigenvalue weighted by molar-refractivity contribution is 0.558. The fraction of sp³-hybridized carbons (Fsp3) is 0.750. The van der Waals surface area contributed by atoms with E-state index in [1.54, 1.807) is 0 Å². The van der Waals surface area contributed by atoms with E-state index >= 15 is 0 Å². The summed E-state index contributed by atoms with van der Waals surface area (Å²) in [5.41, 5.74) is 1.42. The molecule has 0 aromatic carbocycles. The maximum Gasteiger partial charge on any atom is 0.0900 e. The van der Waals surface area contributed by atoms with E-state index in [-0.39, 0.29) is 5.41 Å². The van der Waals surface area contributed by atoms with E-state index in [0.717, 1.165) is 13.1 Å². The highest BCUT2D eigenvalue weighted by atomic mass is 32.1. The second-order valence-electron chi connectivity index (χ2n) is 4.93. The number of aromatic nitrogens is 1. The van der Waals surface area contributed by atoms with Crippen molar-refractivity contribution in [3.05, 3.63) is 15.6 Å². The maximum atomic E-state index is 4.64. The molecule has 0 unspecified atom stereocenters. The molecule has 2 nitrogen and oxygen atoms in total. The maximum absolute atomic E-state index is 4.64. The Labute approximate surface area is 97.1 Å². The molecule has 0 saturated carbocycles. The van der Waals surface area contributed by atoms with Crippen molar-refractivity contribution in [1.82, 2.24) is 10.3 Å². The van der Waals surface area contributed by atoms with Gasteiger partial charge in [0.25, 0.3) is 0 Å². The van der Waals surface area contributed by atoms with Gasteiger partial charge in [0.05, 0.1) is 10.7 Å². The minimum absolute atomic E-state index is 0.161. The molecule has 3 heteroatoms. The fourth-order valence-corrected chi connectivity index (χ4v) is 2.67. The van der Waals surface area contributed by atoms with Gasteiger partial charge >= 0.3 is 0 Å². The molecule has 0 spiro atoms. The normalized spacial score (nSPS) is 12.1. The molecule has 1 aromatic heterocycles. The lowest BCUT2D eigenvalue weighted by Gasteiger charge is -2.17. The second kappa shape index (κ2) is 5.08. The van der Waals surface area contributed by atoms with Crippen molar-refractivity contribution >= 4 is 11.3 Å². The second-order valence-corrected chi connectivity index (χ2v) is 6.22. The lowest BCUT2D eigenvalue weighted by Crippen LogP contribution is -2.19. The van der Waals surface area contributed by atoms with Crippen LogP contribution in [0.25, 0.3) is 0 Å². The van der Waals surface area contributed by atoms with Crippen molar-refractivity contribution in [2.45, 2.75) is 53.0 Å². The van der Waals surface area contributed by atoms with Crippen molar-refractivity contribution in [3.8, 4) is 0 Å². The van der Waals surface area contributed by atoms with E-state index in [1.165, 1.54) is 22.0 Å². The third kappa shape index (κ3) is 3.58. The van der Waals surface area contributed by atoms with Gasteiger partial charge in [-0.2, -0.15) is 0 Å². The van der Waals surface area contributed by atoms with Crippen LogP contribution in [0.4, 0.5) is 0 Å². The van der Waals surface area contributed by atoms with Gasteiger partial charge in [0.15, 0.2) is 0 Å². The Morgan fingerprint density at radius 1 is 1.33 bits per heavy atom. The van der Waals surface area contributed by atoms with Crippen molar-refractivity contribution in [2.24, 2.45) is 0 Å². The van der Waals surface area contributed by atoms with Crippen molar-refractivity contribution < 1.29 is 0 Å². The molecule has 1 N–H and O–H groups in total. The number of hydrogen-bond acceptors (Lipinski definition) is 3. The summed E-state index contributed by atoms with van der Waals surface area (Å²) >= 11 is 1.82. The highest BCUT2D eigenvalue weighted by Gasteiger charge is 2.21. The summed E-state index contributed by atoms with van der Waals surface area (Å²) in [6.07, 6.45) is 1.18. The van der Waals surface area contributed by atoms with Crippen LogP contribution in [0.3, 0.4) is 0 Å². The van der Waals surface area contributed by atoms with Gasteiger partial charge in [-0.15, -0.1) is 11.3 Å². The smallest absolute Gasteiger partial charge is 0.0900 e. The van der Waals surface area contributed by atoms with E-state index in [1.807, 2.05) is 11.3 Å². The van der Waals surface area contributed by atoms with E-state index in [4.69, 9.17) is 0 Å². The molecule has 15 heavy (non-hydrogen) atoms. The van der Waals surface area contributed by atoms with Crippen LogP contribution >= 0.6 is 11.3 Å². The molecule has 0 bridgehead atoms. The third-order valence-electron chi connectivity index (χ3n) is 2.23. The van der Waals surface area contributed by atoms with Crippen LogP contribution in [0.15, 0.2) is 0 Å². The van der Waals surface area contributed by atoms with Gasteiger partial charge in [0, 0.05) is 16.8 Å². The Hall–Kier alpha value is -0.410. The molecule has 0 aliphatic rings. The highest BCUT2D eigenvalue weighted by Crippen LogP contribution is 2.29. The number of aryl methyl sites for hydroxylation is 1. The van der Waals surface area contributed by atoms with Crippen LogP contribution in [0, 0.1) is 6.92 Å². The number of hydrogen-bond donors (Lipinski definition) is 1. The first kappa shape index (κ1) is 12.7. The molecule has 0 amide bonds. The third-order valence-corrected chi connectivity index (χ3v) is 3.20. The molecular weight excluding hydrogens is 204 g/mol. The molecule has 0 radical (unpaired) electrons. The van der Waals surface area contributed by atoms with Gasteiger partial charge in [0.2, 0.25) is 0 Å². The molecule has 0 aliphatic carbocycles. The van der Waals surface area contributed by atoms with Gasteiger partial charge in [-0.05, 0) is 19.9 Å². The molecular formula is C12H22N2S. The first-order valence-corrected chi connectivity index (χ1v) is 6.44. The zero-order valence-corrected chi connectivity index (χ0v) is 11.3. The molecule has 1 rings (SSSR count). The topological polar surface area (TPSA) is 24.9 Å². The van der Waals surface area contributed by atoms with Crippen LogP contribution in [-0.2, 0) is 12.0 Å². The lowest BCUT2D eigenvalue weighted by atomic mass is 9.91. The Balaban J connectivity index is 2.78. The fourth-order valence-electron chi connectivity index (χ4n) is 1.55. The summed E-state index contributed by atoms with van der Waals surface area (Å²) in [6, 6.07) is 0. The van der Waals surface area contributed by atoms with Crippen molar-refractivity contribution in [1.29, 1.82) is 0 Å². The average molecular weight is 226 g/mol. The first-order chi connectivity index (χ1) is 6.95. The van der Waals surface area contributed by atoms with E-state index in [0.29, 0.717) is 0 Å². The molecule has 0 aliphatic heterocycles. The molecule has 86 valence electrons. The Kier molecular flexibility index (Phi) is 4.29. The molecule has 0 saturated heterocycles. The number of rotatable bonds is 4. The zero-order valence-electron chi connectivity index (χ0n) is 10.5. The zero-order chi connectivity index (χ0) is 11.5. The van der Waals surface area contributed by atoms with Crippen LogP contribution in [-0.4, -0.2) is 11.5 Å². The molecule has 0 fully saturated rings. The van der Waals surface area contributed by atoms with Gasteiger partial charge in [-0.3, -0.25) is 0 Å². The number of nitrogens with zero attached hydrogens (tertiary/aromatic N) is 1.